The largest absolute Gasteiger partial charge is 0.490 e. The van der Waals surface area contributed by atoms with E-state index in [9.17, 15) is 18.8 Å². The second-order valence-electron chi connectivity index (χ2n) is 6.47. The standard InChI is InChI=1S/C22H21FN2O6/c1-3-30-19-11-14(8-9-18(19)31-13-15-6-4-5-7-16(15)23)10-17-21(27)25(22(28)24-17)12-20(26)29-2/h4-11H,3,12-13H2,1-2H3,(H,24,28)/b17-10+. The molecule has 162 valence electrons. The Balaban J connectivity index is 1.79. The van der Waals surface area contributed by atoms with E-state index in [2.05, 4.69) is 10.1 Å². The SMILES string of the molecule is CCOc1cc(/C=C2/NC(=O)N(CC(=O)OC)C2=O)ccc1OCc1ccccc1F. The van der Waals surface area contributed by atoms with Gasteiger partial charge < -0.3 is 19.5 Å². The highest BCUT2D eigenvalue weighted by atomic mass is 19.1. The number of hydrogen-bond acceptors (Lipinski definition) is 6. The van der Waals surface area contributed by atoms with Gasteiger partial charge in [-0.25, -0.2) is 14.1 Å². The van der Waals surface area contributed by atoms with Crippen molar-refractivity contribution in [3.8, 4) is 11.5 Å². The topological polar surface area (TPSA) is 94.2 Å². The third-order valence-corrected chi connectivity index (χ3v) is 4.40. The number of urea groups is 1. The van der Waals surface area contributed by atoms with Crippen LogP contribution in [0.3, 0.4) is 0 Å². The summed E-state index contributed by atoms with van der Waals surface area (Å²) in [5.74, 6) is -0.917. The Hall–Kier alpha value is -3.88. The maximum absolute atomic E-state index is 13.8. The molecule has 0 atom stereocenters. The van der Waals surface area contributed by atoms with E-state index in [1.165, 1.54) is 19.3 Å². The molecule has 0 spiro atoms. The molecule has 2 aromatic rings. The summed E-state index contributed by atoms with van der Waals surface area (Å²) in [6.07, 6.45) is 1.46. The van der Waals surface area contributed by atoms with Crippen molar-refractivity contribution >= 4 is 24.0 Å². The normalized spacial score (nSPS) is 14.5. The molecular formula is C22H21FN2O6. The van der Waals surface area contributed by atoms with Gasteiger partial charge in [-0.3, -0.25) is 9.59 Å². The number of carbonyl (C=O) groups excluding carboxylic acids is 3. The fraction of sp³-hybridized carbons (Fsp3) is 0.227. The molecule has 0 saturated carbocycles. The predicted octanol–water partition coefficient (Wildman–Crippen LogP) is 2.87. The number of imide groups is 1. The average Bonchev–Trinajstić information content (AvgIpc) is 3.01. The molecule has 0 radical (unpaired) electrons. The monoisotopic (exact) mass is 428 g/mol. The molecule has 3 amide bonds. The van der Waals surface area contributed by atoms with Gasteiger partial charge >= 0.3 is 12.0 Å². The van der Waals surface area contributed by atoms with Crippen molar-refractivity contribution in [2.45, 2.75) is 13.5 Å². The van der Waals surface area contributed by atoms with Crippen molar-refractivity contribution in [2.24, 2.45) is 0 Å². The summed E-state index contributed by atoms with van der Waals surface area (Å²) in [6, 6.07) is 10.5. The minimum atomic E-state index is -0.712. The summed E-state index contributed by atoms with van der Waals surface area (Å²) >= 11 is 0. The lowest BCUT2D eigenvalue weighted by atomic mass is 10.1. The first kappa shape index (κ1) is 21.8. The molecular weight excluding hydrogens is 407 g/mol. The number of benzene rings is 2. The Bertz CT molecular complexity index is 1040. The highest BCUT2D eigenvalue weighted by molar-refractivity contribution is 6.15. The molecule has 0 unspecified atom stereocenters. The number of nitrogens with one attached hydrogen (secondary N) is 1. The number of nitrogens with zero attached hydrogens (tertiary/aromatic N) is 1. The van der Waals surface area contributed by atoms with Crippen LogP contribution in [0.15, 0.2) is 48.2 Å². The smallest absolute Gasteiger partial charge is 0.329 e. The zero-order valence-corrected chi connectivity index (χ0v) is 17.0. The van der Waals surface area contributed by atoms with E-state index in [-0.39, 0.29) is 18.1 Å². The number of methoxy groups -OCH3 is 1. The minimum absolute atomic E-state index is 0.0105. The molecule has 31 heavy (non-hydrogen) atoms. The van der Waals surface area contributed by atoms with Gasteiger partial charge in [-0.15, -0.1) is 0 Å². The second kappa shape index (κ2) is 9.75. The lowest BCUT2D eigenvalue weighted by Crippen LogP contribution is -2.36. The van der Waals surface area contributed by atoms with Gasteiger partial charge in [0.1, 0.15) is 24.7 Å². The van der Waals surface area contributed by atoms with Crippen LogP contribution in [0.5, 0.6) is 11.5 Å². The first-order valence-electron chi connectivity index (χ1n) is 9.47. The zero-order valence-electron chi connectivity index (χ0n) is 17.0. The first-order chi connectivity index (χ1) is 14.9. The Kier molecular flexibility index (Phi) is 6.86. The molecule has 3 rings (SSSR count). The van der Waals surface area contributed by atoms with Crippen molar-refractivity contribution in [1.29, 1.82) is 0 Å². The summed E-state index contributed by atoms with van der Waals surface area (Å²) in [6.45, 7) is 1.70. The number of hydrogen-bond donors (Lipinski definition) is 1. The van der Waals surface area contributed by atoms with Crippen molar-refractivity contribution in [2.75, 3.05) is 20.3 Å². The molecule has 1 saturated heterocycles. The predicted molar refractivity (Wildman–Crippen MR) is 109 cm³/mol. The van der Waals surface area contributed by atoms with Gasteiger partial charge in [0, 0.05) is 5.56 Å². The summed E-state index contributed by atoms with van der Waals surface area (Å²) in [7, 11) is 1.17. The van der Waals surface area contributed by atoms with Gasteiger partial charge in [-0.1, -0.05) is 24.3 Å². The molecule has 1 aliphatic rings. The van der Waals surface area contributed by atoms with E-state index in [1.807, 2.05) is 0 Å². The highest BCUT2D eigenvalue weighted by Crippen LogP contribution is 2.30. The van der Waals surface area contributed by atoms with Gasteiger partial charge in [-0.2, -0.15) is 0 Å². The molecule has 2 aromatic carbocycles. The van der Waals surface area contributed by atoms with Gasteiger partial charge in [0.15, 0.2) is 11.5 Å². The van der Waals surface area contributed by atoms with Crippen LogP contribution in [0, 0.1) is 5.82 Å². The molecule has 8 nitrogen and oxygen atoms in total. The molecule has 9 heteroatoms. The van der Waals surface area contributed by atoms with Crippen LogP contribution in [-0.4, -0.2) is 43.1 Å². The number of carbonyl (C=O) groups is 3. The molecule has 0 bridgehead atoms. The molecule has 0 aromatic heterocycles. The number of halogens is 1. The summed E-state index contributed by atoms with van der Waals surface area (Å²) in [5, 5.41) is 2.43. The van der Waals surface area contributed by atoms with Crippen LogP contribution in [-0.2, 0) is 20.9 Å². The number of esters is 1. The molecule has 1 N–H and O–H groups in total. The maximum Gasteiger partial charge on any atom is 0.329 e. The van der Waals surface area contributed by atoms with Gasteiger partial charge in [0.2, 0.25) is 0 Å². The van der Waals surface area contributed by atoms with Crippen LogP contribution in [0.4, 0.5) is 9.18 Å². The van der Waals surface area contributed by atoms with Crippen molar-refractivity contribution < 1.29 is 33.0 Å². The molecule has 0 aliphatic carbocycles. The Morgan fingerprint density at radius 3 is 2.61 bits per heavy atom. The maximum atomic E-state index is 13.8. The third kappa shape index (κ3) is 5.19. The van der Waals surface area contributed by atoms with Crippen LogP contribution < -0.4 is 14.8 Å². The summed E-state index contributed by atoms with van der Waals surface area (Å²) in [5.41, 5.74) is 0.975. The van der Waals surface area contributed by atoms with Crippen molar-refractivity contribution in [1.82, 2.24) is 10.2 Å². The number of rotatable bonds is 8. The lowest BCUT2D eigenvalue weighted by molar-refractivity contribution is -0.143. The summed E-state index contributed by atoms with van der Waals surface area (Å²) < 4.78 is 29.6. The third-order valence-electron chi connectivity index (χ3n) is 4.40. The Morgan fingerprint density at radius 2 is 1.90 bits per heavy atom. The highest BCUT2D eigenvalue weighted by Gasteiger charge is 2.35. The molecule has 1 heterocycles. The first-order valence-corrected chi connectivity index (χ1v) is 9.47. The average molecular weight is 428 g/mol. The Labute approximate surface area is 178 Å². The zero-order chi connectivity index (χ0) is 22.4. The van der Waals surface area contributed by atoms with E-state index < -0.39 is 24.5 Å². The lowest BCUT2D eigenvalue weighted by Gasteiger charge is -2.13. The Morgan fingerprint density at radius 1 is 1.13 bits per heavy atom. The molecule has 1 aliphatic heterocycles. The quantitative estimate of drug-likeness (QED) is 0.395. The van der Waals surface area contributed by atoms with Crippen LogP contribution in [0.2, 0.25) is 0 Å². The molecule has 1 fully saturated rings. The number of amides is 3. The summed E-state index contributed by atoms with van der Waals surface area (Å²) in [4.78, 5) is 36.5. The van der Waals surface area contributed by atoms with Gasteiger partial charge in [-0.05, 0) is 36.8 Å². The van der Waals surface area contributed by atoms with E-state index in [0.717, 1.165) is 4.90 Å². The van der Waals surface area contributed by atoms with Crippen molar-refractivity contribution in [3.05, 3.63) is 65.1 Å². The van der Waals surface area contributed by atoms with E-state index in [1.54, 1.807) is 43.3 Å². The van der Waals surface area contributed by atoms with Gasteiger partial charge in [0.25, 0.3) is 5.91 Å². The second-order valence-corrected chi connectivity index (χ2v) is 6.47. The van der Waals surface area contributed by atoms with Crippen LogP contribution in [0.25, 0.3) is 6.08 Å². The van der Waals surface area contributed by atoms with Crippen LogP contribution >= 0.6 is 0 Å². The number of ether oxygens (including phenoxy) is 3. The fourth-order valence-electron chi connectivity index (χ4n) is 2.85. The van der Waals surface area contributed by atoms with E-state index in [0.29, 0.717) is 29.2 Å². The minimum Gasteiger partial charge on any atom is -0.490 e. The van der Waals surface area contributed by atoms with E-state index >= 15 is 0 Å². The fourth-order valence-corrected chi connectivity index (χ4v) is 2.85. The van der Waals surface area contributed by atoms with Crippen LogP contribution in [0.1, 0.15) is 18.1 Å². The van der Waals surface area contributed by atoms with Crippen molar-refractivity contribution in [3.63, 3.8) is 0 Å². The van der Waals surface area contributed by atoms with E-state index in [4.69, 9.17) is 9.47 Å². The van der Waals surface area contributed by atoms with Gasteiger partial charge in [0.05, 0.1) is 13.7 Å².